The van der Waals surface area contributed by atoms with Crippen molar-refractivity contribution in [3.8, 4) is 51.7 Å². The molecule has 0 fully saturated rings. The predicted octanol–water partition coefficient (Wildman–Crippen LogP) is 9.61. The Morgan fingerprint density at radius 1 is 0.352 bits per heavy atom. The standard InChI is InChI=1S/C45H36O9/c1-49-40-19-31-16-35-23-44(53-38-12-6-29(26-47)7-13-38)42(51-3)21-33(35)18-36-24-45(54-39-14-8-30(27-48)9-15-39)41(50-2)20-32(36)17-34(31)22-43(40)52-37-10-4-28(25-46)5-11-37/h4-15,19-27H,16-18H2,1-3H3. The second kappa shape index (κ2) is 15.8. The highest BCUT2D eigenvalue weighted by Gasteiger charge is 2.23. The Balaban J connectivity index is 1.36. The van der Waals surface area contributed by atoms with E-state index in [0.717, 1.165) is 52.2 Å². The molecular formula is C45H36O9. The fourth-order valence-electron chi connectivity index (χ4n) is 6.48. The van der Waals surface area contributed by atoms with Gasteiger partial charge >= 0.3 is 0 Å². The van der Waals surface area contributed by atoms with Crippen molar-refractivity contribution in [1.82, 2.24) is 0 Å². The van der Waals surface area contributed by atoms with E-state index in [0.29, 0.717) is 87.7 Å². The van der Waals surface area contributed by atoms with E-state index in [-0.39, 0.29) is 0 Å². The third kappa shape index (κ3) is 7.66. The molecule has 6 aromatic carbocycles. The molecule has 7 rings (SSSR count). The predicted molar refractivity (Wildman–Crippen MR) is 203 cm³/mol. The Morgan fingerprint density at radius 3 is 0.778 bits per heavy atom. The van der Waals surface area contributed by atoms with Crippen LogP contribution in [0, 0.1) is 0 Å². The first-order valence-corrected chi connectivity index (χ1v) is 17.2. The lowest BCUT2D eigenvalue weighted by Gasteiger charge is -2.18. The lowest BCUT2D eigenvalue weighted by molar-refractivity contribution is 0.111. The largest absolute Gasteiger partial charge is 0.493 e. The van der Waals surface area contributed by atoms with Crippen molar-refractivity contribution < 1.29 is 42.8 Å². The first-order chi connectivity index (χ1) is 26.4. The summed E-state index contributed by atoms with van der Waals surface area (Å²) in [5, 5.41) is 0. The van der Waals surface area contributed by atoms with Gasteiger partial charge in [-0.15, -0.1) is 0 Å². The molecule has 0 heterocycles. The number of ether oxygens (including phenoxy) is 6. The summed E-state index contributed by atoms with van der Waals surface area (Å²) >= 11 is 0. The Kier molecular flexibility index (Phi) is 10.4. The third-order valence-corrected chi connectivity index (χ3v) is 9.33. The molecule has 0 bridgehead atoms. The van der Waals surface area contributed by atoms with Crippen molar-refractivity contribution in [1.29, 1.82) is 0 Å². The van der Waals surface area contributed by atoms with Gasteiger partial charge in [-0.05, 0) is 162 Å². The number of hydrogen-bond acceptors (Lipinski definition) is 9. The Morgan fingerprint density at radius 2 is 0.574 bits per heavy atom. The second-order valence-electron chi connectivity index (χ2n) is 12.7. The maximum absolute atomic E-state index is 11.3. The second-order valence-corrected chi connectivity index (χ2v) is 12.7. The van der Waals surface area contributed by atoms with Gasteiger partial charge in [-0.1, -0.05) is 0 Å². The van der Waals surface area contributed by atoms with Gasteiger partial charge in [-0.2, -0.15) is 0 Å². The van der Waals surface area contributed by atoms with Crippen LogP contribution in [0.3, 0.4) is 0 Å². The fourth-order valence-corrected chi connectivity index (χ4v) is 6.48. The molecule has 1 aliphatic carbocycles. The van der Waals surface area contributed by atoms with Crippen LogP contribution in [0.15, 0.2) is 109 Å². The van der Waals surface area contributed by atoms with Gasteiger partial charge in [0.05, 0.1) is 21.3 Å². The normalized spacial score (nSPS) is 11.6. The molecule has 0 unspecified atom stereocenters. The summed E-state index contributed by atoms with van der Waals surface area (Å²) in [5.41, 5.74) is 7.72. The van der Waals surface area contributed by atoms with Gasteiger partial charge in [0, 0.05) is 16.7 Å². The summed E-state index contributed by atoms with van der Waals surface area (Å²) < 4.78 is 36.6. The highest BCUT2D eigenvalue weighted by Crippen LogP contribution is 2.43. The number of benzene rings is 6. The first-order valence-electron chi connectivity index (χ1n) is 17.2. The molecule has 54 heavy (non-hydrogen) atoms. The van der Waals surface area contributed by atoms with Crippen LogP contribution in [0.5, 0.6) is 51.7 Å². The van der Waals surface area contributed by atoms with E-state index in [4.69, 9.17) is 28.4 Å². The van der Waals surface area contributed by atoms with Crippen molar-refractivity contribution in [3.63, 3.8) is 0 Å². The Bertz CT molecular complexity index is 2060. The molecule has 0 N–H and O–H groups in total. The smallest absolute Gasteiger partial charge is 0.169 e. The molecule has 0 saturated carbocycles. The molecule has 0 spiro atoms. The van der Waals surface area contributed by atoms with Gasteiger partial charge in [0.25, 0.3) is 0 Å². The molecular weight excluding hydrogens is 684 g/mol. The lowest BCUT2D eigenvalue weighted by Crippen LogP contribution is -2.02. The first kappa shape index (κ1) is 35.5. The zero-order valence-electron chi connectivity index (χ0n) is 29.9. The van der Waals surface area contributed by atoms with Gasteiger partial charge < -0.3 is 28.4 Å². The van der Waals surface area contributed by atoms with Gasteiger partial charge in [0.15, 0.2) is 34.5 Å². The monoisotopic (exact) mass is 720 g/mol. The third-order valence-electron chi connectivity index (χ3n) is 9.33. The summed E-state index contributed by atoms with van der Waals surface area (Å²) in [7, 11) is 4.82. The molecule has 9 nitrogen and oxygen atoms in total. The van der Waals surface area contributed by atoms with Crippen LogP contribution in [0.2, 0.25) is 0 Å². The summed E-state index contributed by atoms with van der Waals surface area (Å²) in [6, 6.07) is 32.7. The highest BCUT2D eigenvalue weighted by atomic mass is 16.5. The average Bonchev–Trinajstić information content (AvgIpc) is 3.26. The number of methoxy groups -OCH3 is 3. The zero-order valence-corrected chi connectivity index (χ0v) is 29.9. The topological polar surface area (TPSA) is 107 Å². The van der Waals surface area contributed by atoms with E-state index >= 15 is 0 Å². The molecule has 0 atom stereocenters. The number of hydrogen-bond donors (Lipinski definition) is 0. The van der Waals surface area contributed by atoms with Crippen LogP contribution in [-0.4, -0.2) is 40.2 Å². The number of aldehydes is 3. The molecule has 0 saturated heterocycles. The van der Waals surface area contributed by atoms with Crippen LogP contribution >= 0.6 is 0 Å². The SMILES string of the molecule is COc1cc2c(cc1Oc1ccc(C=O)cc1)Cc1cc(OC)c(Oc3ccc(C=O)cc3)cc1Cc1cc(OC)c(Oc3ccc(C=O)cc3)cc1C2. The molecule has 0 amide bonds. The van der Waals surface area contributed by atoms with E-state index in [1.165, 1.54) is 0 Å². The molecule has 0 aliphatic heterocycles. The van der Waals surface area contributed by atoms with E-state index in [1.54, 1.807) is 94.1 Å². The number of carbonyl (C=O) groups is 3. The number of fused-ring (bicyclic) bond motifs is 3. The minimum Gasteiger partial charge on any atom is -0.493 e. The van der Waals surface area contributed by atoms with Crippen molar-refractivity contribution in [2.45, 2.75) is 19.3 Å². The maximum Gasteiger partial charge on any atom is 0.169 e. The number of rotatable bonds is 12. The van der Waals surface area contributed by atoms with Gasteiger partial charge in [-0.25, -0.2) is 0 Å². The molecule has 0 radical (unpaired) electrons. The summed E-state index contributed by atoms with van der Waals surface area (Å²) in [4.78, 5) is 33.8. The van der Waals surface area contributed by atoms with Crippen LogP contribution in [0.4, 0.5) is 0 Å². The molecule has 6 aromatic rings. The Hall–Kier alpha value is -6.87. The molecule has 9 heteroatoms. The summed E-state index contributed by atoms with van der Waals surface area (Å²) in [6.45, 7) is 0. The van der Waals surface area contributed by atoms with Crippen molar-refractivity contribution in [2.75, 3.05) is 21.3 Å². The minimum atomic E-state index is 0.527. The maximum atomic E-state index is 11.3. The number of carbonyl (C=O) groups excluding carboxylic acids is 3. The van der Waals surface area contributed by atoms with Gasteiger partial charge in [-0.3, -0.25) is 14.4 Å². The molecule has 0 aromatic heterocycles. The lowest BCUT2D eigenvalue weighted by atomic mass is 9.94. The van der Waals surface area contributed by atoms with Crippen LogP contribution in [0.1, 0.15) is 64.5 Å². The molecule has 1 aliphatic rings. The van der Waals surface area contributed by atoms with Crippen molar-refractivity contribution in [3.05, 3.63) is 159 Å². The van der Waals surface area contributed by atoms with Crippen LogP contribution in [0.25, 0.3) is 0 Å². The van der Waals surface area contributed by atoms with Crippen molar-refractivity contribution >= 4 is 18.9 Å². The van der Waals surface area contributed by atoms with Crippen molar-refractivity contribution in [2.24, 2.45) is 0 Å². The Labute approximate surface area is 312 Å². The van der Waals surface area contributed by atoms with E-state index in [9.17, 15) is 14.4 Å². The average molecular weight is 721 g/mol. The van der Waals surface area contributed by atoms with E-state index < -0.39 is 0 Å². The van der Waals surface area contributed by atoms with E-state index in [2.05, 4.69) is 0 Å². The fraction of sp³-hybridized carbons (Fsp3) is 0.133. The van der Waals surface area contributed by atoms with Gasteiger partial charge in [0.2, 0.25) is 0 Å². The summed E-state index contributed by atoms with van der Waals surface area (Å²) in [6.07, 6.45) is 3.98. The van der Waals surface area contributed by atoms with E-state index in [1.807, 2.05) is 36.4 Å². The minimum absolute atomic E-state index is 0.527. The summed E-state index contributed by atoms with van der Waals surface area (Å²) in [5.74, 6) is 4.93. The molecule has 270 valence electrons. The van der Waals surface area contributed by atoms with Crippen LogP contribution < -0.4 is 28.4 Å². The quantitative estimate of drug-likeness (QED) is 0.114. The zero-order chi connectivity index (χ0) is 37.6. The highest BCUT2D eigenvalue weighted by molar-refractivity contribution is 5.76. The van der Waals surface area contributed by atoms with Gasteiger partial charge in [0.1, 0.15) is 36.1 Å². The van der Waals surface area contributed by atoms with Crippen LogP contribution in [-0.2, 0) is 19.3 Å².